The molecule has 0 spiro atoms. The quantitative estimate of drug-likeness (QED) is 0.512. The highest BCUT2D eigenvalue weighted by Crippen LogP contribution is 2.15. The molecule has 2 atom stereocenters. The zero-order valence-electron chi connectivity index (χ0n) is 5.10. The Labute approximate surface area is 47.3 Å². The van der Waals surface area contributed by atoms with Crippen LogP contribution in [0.2, 0.25) is 0 Å². The van der Waals surface area contributed by atoms with Crippen molar-refractivity contribution in [1.82, 2.24) is 0 Å². The van der Waals surface area contributed by atoms with Crippen LogP contribution in [0.5, 0.6) is 0 Å². The van der Waals surface area contributed by atoms with Gasteiger partial charge in [-0.25, -0.2) is 0 Å². The van der Waals surface area contributed by atoms with Gasteiger partial charge >= 0.3 is 0 Å². The molecule has 0 aliphatic heterocycles. The van der Waals surface area contributed by atoms with Crippen molar-refractivity contribution in [2.24, 2.45) is 0 Å². The van der Waals surface area contributed by atoms with Crippen LogP contribution in [0.1, 0.15) is 20.8 Å². The third kappa shape index (κ3) is 3.02. The van der Waals surface area contributed by atoms with Gasteiger partial charge in [0.2, 0.25) is 0 Å². The fraction of sp³-hybridized carbons (Fsp3) is 1.00. The molecular weight excluding hydrogens is 107 g/mol. The van der Waals surface area contributed by atoms with Crippen LogP contribution in [-0.2, 0) is 0 Å². The van der Waals surface area contributed by atoms with Gasteiger partial charge in [0.25, 0.3) is 0 Å². The minimum Gasteiger partial charge on any atom is -0.390 e. The van der Waals surface area contributed by atoms with Crippen LogP contribution in [0.4, 0.5) is 0 Å². The predicted octanol–water partition coefficient (Wildman–Crippen LogP) is 1.02. The summed E-state index contributed by atoms with van der Waals surface area (Å²) in [6, 6.07) is 0. The Bertz CT molecular complexity index is 53.6. The van der Waals surface area contributed by atoms with Crippen LogP contribution in [0.25, 0.3) is 0 Å². The summed E-state index contributed by atoms with van der Waals surface area (Å²) >= 11 is 0. The highest BCUT2D eigenvalue weighted by Gasteiger charge is 2.16. The summed E-state index contributed by atoms with van der Waals surface area (Å²) in [5.74, 6) is 0. The van der Waals surface area contributed by atoms with E-state index in [-0.39, 0.29) is 5.66 Å². The first-order valence-corrected chi connectivity index (χ1v) is 3.09. The van der Waals surface area contributed by atoms with E-state index in [1.807, 2.05) is 6.92 Å². The maximum Gasteiger partial charge on any atom is 0.0651 e. The minimum absolute atomic E-state index is 0.271. The molecule has 2 heteroatoms. The van der Waals surface area contributed by atoms with Gasteiger partial charge in [0.1, 0.15) is 0 Å². The van der Waals surface area contributed by atoms with Gasteiger partial charge in [0, 0.05) is 0 Å². The van der Waals surface area contributed by atoms with Crippen LogP contribution in [0.3, 0.4) is 0 Å². The molecule has 2 unspecified atom stereocenters. The lowest BCUT2D eigenvalue weighted by atomic mass is 10.1. The molecule has 0 heterocycles. The number of hydrogen-bond donors (Lipinski definition) is 1. The smallest absolute Gasteiger partial charge is 0.0651 e. The molecule has 0 aliphatic rings. The maximum atomic E-state index is 9.07. The van der Waals surface area contributed by atoms with E-state index in [0.29, 0.717) is 0 Å². The van der Waals surface area contributed by atoms with Crippen molar-refractivity contribution in [3.8, 4) is 0 Å². The van der Waals surface area contributed by atoms with Gasteiger partial charge in [-0.05, 0) is 19.5 Å². The molecule has 44 valence electrons. The fourth-order valence-corrected chi connectivity index (χ4v) is 0. The molecule has 0 radical (unpaired) electrons. The van der Waals surface area contributed by atoms with Gasteiger partial charge in [0.05, 0.1) is 5.60 Å². The minimum atomic E-state index is -0.537. The monoisotopic (exact) mass is 120 g/mol. The highest BCUT2D eigenvalue weighted by molar-refractivity contribution is 7.17. The first-order chi connectivity index (χ1) is 2.94. The van der Waals surface area contributed by atoms with Crippen molar-refractivity contribution in [1.29, 1.82) is 0 Å². The van der Waals surface area contributed by atoms with Crippen molar-refractivity contribution in [2.75, 3.05) is 0 Å². The molecule has 0 aliphatic carbocycles. The predicted molar refractivity (Wildman–Crippen MR) is 35.5 cm³/mol. The normalized spacial score (nSPS) is 16.7. The van der Waals surface area contributed by atoms with E-state index in [0.717, 1.165) is 0 Å². The molecule has 0 aromatic carbocycles. The summed E-state index contributed by atoms with van der Waals surface area (Å²) in [7, 11) is 2.55. The second kappa shape index (κ2) is 2.11. The van der Waals surface area contributed by atoms with Gasteiger partial charge in [-0.2, -0.15) is 0 Å². The molecule has 0 bridgehead atoms. The number of rotatable bonds is 1. The summed E-state index contributed by atoms with van der Waals surface area (Å²) in [5.41, 5.74) is -0.266. The zero-order valence-corrected chi connectivity index (χ0v) is 6.26. The summed E-state index contributed by atoms with van der Waals surface area (Å²) in [6.07, 6.45) is 0. The Morgan fingerprint density at radius 2 is 1.71 bits per heavy atom. The lowest BCUT2D eigenvalue weighted by Crippen LogP contribution is -2.28. The van der Waals surface area contributed by atoms with E-state index in [2.05, 4.69) is 9.24 Å². The molecule has 1 nitrogen and oxygen atoms in total. The van der Waals surface area contributed by atoms with Gasteiger partial charge < -0.3 is 5.11 Å². The Hall–Kier alpha value is 0.390. The van der Waals surface area contributed by atoms with E-state index in [1.165, 1.54) is 0 Å². The van der Waals surface area contributed by atoms with Gasteiger partial charge in [0.15, 0.2) is 0 Å². The average Bonchev–Trinajstić information content (AvgIpc) is 1.31. The van der Waals surface area contributed by atoms with Gasteiger partial charge in [-0.15, -0.1) is 9.24 Å². The lowest BCUT2D eigenvalue weighted by Gasteiger charge is -2.20. The van der Waals surface area contributed by atoms with Crippen molar-refractivity contribution < 1.29 is 5.11 Å². The van der Waals surface area contributed by atoms with Gasteiger partial charge in [-0.3, -0.25) is 0 Å². The Morgan fingerprint density at radius 3 is 1.71 bits per heavy atom. The van der Waals surface area contributed by atoms with E-state index in [9.17, 15) is 0 Å². The molecule has 0 amide bonds. The SMILES string of the molecule is CC(P)C(C)(C)O. The van der Waals surface area contributed by atoms with Crippen molar-refractivity contribution in [2.45, 2.75) is 32.0 Å². The lowest BCUT2D eigenvalue weighted by molar-refractivity contribution is 0.0821. The molecular formula is C5H13OP. The standard InChI is InChI=1S/C5H13OP/c1-4(7)5(2,3)6/h4,6H,7H2,1-3H3. The van der Waals surface area contributed by atoms with Crippen LogP contribution in [0, 0.1) is 0 Å². The van der Waals surface area contributed by atoms with E-state index in [4.69, 9.17) is 5.11 Å². The Morgan fingerprint density at radius 1 is 1.57 bits per heavy atom. The maximum absolute atomic E-state index is 9.07. The molecule has 1 N–H and O–H groups in total. The average molecular weight is 120 g/mol. The topological polar surface area (TPSA) is 20.2 Å². The first kappa shape index (κ1) is 7.39. The van der Waals surface area contributed by atoms with Crippen molar-refractivity contribution in [3.05, 3.63) is 0 Å². The molecule has 0 rings (SSSR count). The largest absolute Gasteiger partial charge is 0.390 e. The molecule has 0 saturated heterocycles. The van der Waals surface area contributed by atoms with E-state index < -0.39 is 5.60 Å². The summed E-state index contributed by atoms with van der Waals surface area (Å²) in [4.78, 5) is 0. The molecule has 0 saturated carbocycles. The molecule has 0 aromatic heterocycles. The Balaban J connectivity index is 3.54. The molecule has 7 heavy (non-hydrogen) atoms. The summed E-state index contributed by atoms with van der Waals surface area (Å²) in [5, 5.41) is 9.07. The fourth-order valence-electron chi connectivity index (χ4n) is 0. The zero-order chi connectivity index (χ0) is 6.08. The number of aliphatic hydroxyl groups is 1. The van der Waals surface area contributed by atoms with Crippen molar-refractivity contribution in [3.63, 3.8) is 0 Å². The second-order valence-electron chi connectivity index (χ2n) is 2.44. The third-order valence-electron chi connectivity index (χ3n) is 1.11. The highest BCUT2D eigenvalue weighted by atomic mass is 31.0. The first-order valence-electron chi connectivity index (χ1n) is 2.42. The van der Waals surface area contributed by atoms with Crippen LogP contribution < -0.4 is 0 Å². The Kier molecular flexibility index (Phi) is 2.22. The summed E-state index contributed by atoms with van der Waals surface area (Å²) in [6.45, 7) is 5.56. The second-order valence-corrected chi connectivity index (χ2v) is 3.44. The number of hydrogen-bond acceptors (Lipinski definition) is 1. The van der Waals surface area contributed by atoms with E-state index >= 15 is 0 Å². The molecule has 0 aromatic rings. The molecule has 0 fully saturated rings. The van der Waals surface area contributed by atoms with Crippen LogP contribution >= 0.6 is 9.24 Å². The van der Waals surface area contributed by atoms with E-state index in [1.54, 1.807) is 13.8 Å². The van der Waals surface area contributed by atoms with Gasteiger partial charge in [-0.1, -0.05) is 6.92 Å². The van der Waals surface area contributed by atoms with Crippen LogP contribution in [-0.4, -0.2) is 16.4 Å². The van der Waals surface area contributed by atoms with Crippen molar-refractivity contribution >= 4 is 9.24 Å². The third-order valence-corrected chi connectivity index (χ3v) is 1.93. The summed E-state index contributed by atoms with van der Waals surface area (Å²) < 4.78 is 0. The van der Waals surface area contributed by atoms with Crippen LogP contribution in [0.15, 0.2) is 0 Å².